The molecule has 0 aliphatic carbocycles. The maximum Gasteiger partial charge on any atom is 0.322 e. The molecule has 180 valence electrons. The summed E-state index contributed by atoms with van der Waals surface area (Å²) >= 11 is 1.41. The molecule has 0 radical (unpaired) electrons. The number of benzene rings is 2. The molecule has 1 atom stereocenters. The van der Waals surface area contributed by atoms with E-state index in [1.807, 2.05) is 19.2 Å². The van der Waals surface area contributed by atoms with Gasteiger partial charge in [0.05, 0.1) is 12.2 Å². The van der Waals surface area contributed by atoms with Gasteiger partial charge in [-0.1, -0.05) is 17.8 Å². The van der Waals surface area contributed by atoms with E-state index in [2.05, 4.69) is 20.6 Å². The Balaban J connectivity index is 1.30. The summed E-state index contributed by atoms with van der Waals surface area (Å²) in [5.41, 5.74) is 3.98. The van der Waals surface area contributed by atoms with Gasteiger partial charge in [-0.3, -0.25) is 9.69 Å². The Morgan fingerprint density at radius 2 is 2.17 bits per heavy atom. The van der Waals surface area contributed by atoms with Gasteiger partial charge in [-0.05, 0) is 49.1 Å². The van der Waals surface area contributed by atoms with Crippen molar-refractivity contribution in [2.24, 2.45) is 0 Å². The van der Waals surface area contributed by atoms with E-state index in [1.54, 1.807) is 29.3 Å². The number of anilines is 1. The van der Waals surface area contributed by atoms with E-state index >= 15 is 0 Å². The van der Waals surface area contributed by atoms with Gasteiger partial charge < -0.3 is 15.4 Å². The van der Waals surface area contributed by atoms with Gasteiger partial charge in [-0.15, -0.1) is 0 Å². The van der Waals surface area contributed by atoms with E-state index < -0.39 is 0 Å². The molecular formula is C25H24FN5O3S. The van der Waals surface area contributed by atoms with E-state index in [0.29, 0.717) is 52.9 Å². The Kier molecular flexibility index (Phi) is 6.29. The minimum absolute atomic E-state index is 0.167. The molecule has 1 fully saturated rings. The largest absolute Gasteiger partial charge is 0.487 e. The number of aryl methyl sites for hydroxylation is 1. The molecule has 3 amide bonds. The zero-order valence-corrected chi connectivity index (χ0v) is 20.1. The predicted molar refractivity (Wildman–Crippen MR) is 132 cm³/mol. The Morgan fingerprint density at radius 3 is 2.94 bits per heavy atom. The van der Waals surface area contributed by atoms with Crippen LogP contribution in [-0.2, 0) is 6.42 Å². The molecule has 10 heteroatoms. The van der Waals surface area contributed by atoms with Gasteiger partial charge >= 0.3 is 6.03 Å². The van der Waals surface area contributed by atoms with Crippen LogP contribution in [0, 0.1) is 12.7 Å². The Morgan fingerprint density at radius 1 is 1.31 bits per heavy atom. The van der Waals surface area contributed by atoms with Crippen LogP contribution in [0.2, 0.25) is 0 Å². The van der Waals surface area contributed by atoms with Crippen LogP contribution in [0.5, 0.6) is 5.75 Å². The number of carbonyl (C=O) groups is 2. The number of nitrogens with one attached hydrogen (secondary N) is 2. The minimum atomic E-state index is -0.366. The summed E-state index contributed by atoms with van der Waals surface area (Å²) in [5, 5.41) is 6.28. The standard InChI is InChI=1S/C25H24FN5O3S/c1-14-3-4-15(11-21(14)31-8-7-28-25(31)33)23(32)29-13-18-10-16-9-17(26)12-19(22(16)34-18)20-5-6-27-24(30-20)35-2/h3-6,9,11-12,18H,7-8,10,13H2,1-2H3,(H,28,33)(H,29,32). The fraction of sp³-hybridized carbons (Fsp3) is 0.280. The van der Waals surface area contributed by atoms with E-state index in [4.69, 9.17) is 4.74 Å². The van der Waals surface area contributed by atoms with Crippen molar-refractivity contribution in [2.45, 2.75) is 24.6 Å². The first-order valence-electron chi connectivity index (χ1n) is 11.2. The molecule has 35 heavy (non-hydrogen) atoms. The summed E-state index contributed by atoms with van der Waals surface area (Å²) < 4.78 is 20.5. The molecule has 2 aliphatic heterocycles. The first-order valence-corrected chi connectivity index (χ1v) is 12.5. The molecular weight excluding hydrogens is 469 g/mol. The third-order valence-corrected chi connectivity index (χ3v) is 6.63. The van der Waals surface area contributed by atoms with Gasteiger partial charge in [-0.2, -0.15) is 0 Å². The maximum atomic E-state index is 14.4. The smallest absolute Gasteiger partial charge is 0.322 e. The second-order valence-corrected chi connectivity index (χ2v) is 9.18. The zero-order valence-electron chi connectivity index (χ0n) is 19.3. The number of thioether (sulfide) groups is 1. The summed E-state index contributed by atoms with van der Waals surface area (Å²) in [4.78, 5) is 35.2. The number of rotatable bonds is 6. The monoisotopic (exact) mass is 493 g/mol. The van der Waals surface area contributed by atoms with Crippen LogP contribution in [0.25, 0.3) is 11.3 Å². The van der Waals surface area contributed by atoms with Crippen molar-refractivity contribution >= 4 is 29.4 Å². The van der Waals surface area contributed by atoms with Crippen LogP contribution in [0.4, 0.5) is 14.9 Å². The van der Waals surface area contributed by atoms with E-state index in [1.165, 1.54) is 23.9 Å². The van der Waals surface area contributed by atoms with Crippen molar-refractivity contribution in [3.63, 3.8) is 0 Å². The summed E-state index contributed by atoms with van der Waals surface area (Å²) in [6.45, 7) is 3.29. The normalized spacial score (nSPS) is 16.6. The molecule has 3 heterocycles. The number of hydrogen-bond acceptors (Lipinski definition) is 6. The SMILES string of the molecule is CSc1nccc(-c2cc(F)cc3c2OC(CNC(=O)c2ccc(C)c(N4CCNC4=O)c2)C3)n1. The molecule has 3 aromatic rings. The van der Waals surface area contributed by atoms with Crippen LogP contribution in [0.1, 0.15) is 21.5 Å². The second-order valence-electron chi connectivity index (χ2n) is 8.41. The molecule has 1 saturated heterocycles. The molecule has 1 aromatic heterocycles. The van der Waals surface area contributed by atoms with Crippen LogP contribution in [-0.4, -0.2) is 53.9 Å². The molecule has 1 unspecified atom stereocenters. The highest BCUT2D eigenvalue weighted by atomic mass is 32.2. The average Bonchev–Trinajstić information content (AvgIpc) is 3.48. The zero-order chi connectivity index (χ0) is 24.5. The molecule has 2 aromatic carbocycles. The van der Waals surface area contributed by atoms with Crippen molar-refractivity contribution < 1.29 is 18.7 Å². The Bertz CT molecular complexity index is 1320. The van der Waals surface area contributed by atoms with Crippen LogP contribution in [0.3, 0.4) is 0 Å². The summed E-state index contributed by atoms with van der Waals surface area (Å²) in [7, 11) is 0. The fourth-order valence-corrected chi connectivity index (χ4v) is 4.70. The molecule has 0 saturated carbocycles. The summed E-state index contributed by atoms with van der Waals surface area (Å²) in [6.07, 6.45) is 3.64. The molecule has 0 spiro atoms. The molecule has 0 bridgehead atoms. The quantitative estimate of drug-likeness (QED) is 0.403. The predicted octanol–water partition coefficient (Wildman–Crippen LogP) is 3.58. The highest BCUT2D eigenvalue weighted by Gasteiger charge is 2.28. The number of urea groups is 1. The van der Waals surface area contributed by atoms with Crippen LogP contribution in [0.15, 0.2) is 47.8 Å². The lowest BCUT2D eigenvalue weighted by atomic mass is 10.0. The van der Waals surface area contributed by atoms with E-state index in [9.17, 15) is 14.0 Å². The third kappa shape index (κ3) is 4.66. The summed E-state index contributed by atoms with van der Waals surface area (Å²) in [5.74, 6) is -0.0548. The van der Waals surface area contributed by atoms with Crippen molar-refractivity contribution in [3.05, 3.63) is 65.1 Å². The van der Waals surface area contributed by atoms with Crippen molar-refractivity contribution in [1.29, 1.82) is 0 Å². The van der Waals surface area contributed by atoms with Crippen molar-refractivity contribution in [2.75, 3.05) is 30.8 Å². The van der Waals surface area contributed by atoms with Gasteiger partial charge in [0.15, 0.2) is 5.16 Å². The first-order chi connectivity index (χ1) is 16.9. The van der Waals surface area contributed by atoms with Crippen molar-refractivity contribution in [3.8, 4) is 17.0 Å². The van der Waals surface area contributed by atoms with E-state index in [-0.39, 0.29) is 30.4 Å². The minimum Gasteiger partial charge on any atom is -0.487 e. The number of halogens is 1. The number of aromatic nitrogens is 2. The molecule has 8 nitrogen and oxygen atoms in total. The van der Waals surface area contributed by atoms with E-state index in [0.717, 1.165) is 11.1 Å². The highest BCUT2D eigenvalue weighted by Crippen LogP contribution is 2.39. The number of carbonyl (C=O) groups excluding carboxylic acids is 2. The lowest BCUT2D eigenvalue weighted by molar-refractivity contribution is 0.0933. The van der Waals surface area contributed by atoms with Gasteiger partial charge in [-0.25, -0.2) is 19.2 Å². The van der Waals surface area contributed by atoms with Crippen molar-refractivity contribution in [1.82, 2.24) is 20.6 Å². The fourth-order valence-electron chi connectivity index (χ4n) is 4.34. The third-order valence-electron chi connectivity index (χ3n) is 6.06. The van der Waals surface area contributed by atoms with Crippen LogP contribution >= 0.6 is 11.8 Å². The summed E-state index contributed by atoms with van der Waals surface area (Å²) in [6, 6.07) is 9.72. The van der Waals surface area contributed by atoms with Gasteiger partial charge in [0.25, 0.3) is 5.91 Å². The van der Waals surface area contributed by atoms with Gasteiger partial charge in [0, 0.05) is 48.1 Å². The number of ether oxygens (including phenoxy) is 1. The lowest BCUT2D eigenvalue weighted by Gasteiger charge is -2.18. The van der Waals surface area contributed by atoms with Crippen LogP contribution < -0.4 is 20.3 Å². The maximum absolute atomic E-state index is 14.4. The Hall–Kier alpha value is -3.66. The number of nitrogens with zero attached hydrogens (tertiary/aromatic N) is 3. The lowest BCUT2D eigenvalue weighted by Crippen LogP contribution is -2.34. The highest BCUT2D eigenvalue weighted by molar-refractivity contribution is 7.98. The number of fused-ring (bicyclic) bond motifs is 1. The number of hydrogen-bond donors (Lipinski definition) is 2. The molecule has 5 rings (SSSR count). The average molecular weight is 494 g/mol. The number of amides is 3. The van der Waals surface area contributed by atoms with Gasteiger partial charge in [0.1, 0.15) is 17.7 Å². The first kappa shape index (κ1) is 23.1. The molecule has 2 aliphatic rings. The molecule has 2 N–H and O–H groups in total. The topological polar surface area (TPSA) is 96.5 Å². The van der Waals surface area contributed by atoms with Gasteiger partial charge in [0.2, 0.25) is 0 Å². The second kappa shape index (κ2) is 9.53. The Labute approximate surface area is 206 Å².